The van der Waals surface area contributed by atoms with Crippen LogP contribution in [-0.4, -0.2) is 18.2 Å². The quantitative estimate of drug-likeness (QED) is 0.509. The maximum absolute atomic E-state index is 12.7. The largest absolute Gasteiger partial charge is 0.508 e. The predicted molar refractivity (Wildman–Crippen MR) is 97.3 cm³/mol. The third kappa shape index (κ3) is 1.98. The van der Waals surface area contributed by atoms with Gasteiger partial charge in [-0.25, -0.2) is 4.79 Å². The van der Waals surface area contributed by atoms with E-state index in [4.69, 9.17) is 19.9 Å². The van der Waals surface area contributed by atoms with Crippen molar-refractivity contribution in [1.29, 1.82) is 0 Å². The first-order chi connectivity index (χ1) is 13.0. The Kier molecular flexibility index (Phi) is 2.98. The number of aromatic hydroxyl groups is 1. The SMILES string of the molecule is COc1ccc2c(c1)Oc1cc(O)ccc1C21OC(=O)c2cc(N)ccc21. The lowest BCUT2D eigenvalue weighted by atomic mass is 9.77. The lowest BCUT2D eigenvalue weighted by molar-refractivity contribution is 0.0224. The average Bonchev–Trinajstić information content (AvgIpc) is 2.94. The molecule has 6 heteroatoms. The van der Waals surface area contributed by atoms with Crippen molar-refractivity contribution >= 4 is 11.7 Å². The van der Waals surface area contributed by atoms with Gasteiger partial charge in [-0.2, -0.15) is 0 Å². The number of benzene rings is 3. The highest BCUT2D eigenvalue weighted by Gasteiger charge is 2.53. The zero-order valence-corrected chi connectivity index (χ0v) is 14.4. The molecule has 134 valence electrons. The second-order valence-corrected chi connectivity index (χ2v) is 6.52. The number of rotatable bonds is 1. The minimum absolute atomic E-state index is 0.0529. The maximum atomic E-state index is 12.7. The van der Waals surface area contributed by atoms with E-state index in [0.29, 0.717) is 45.2 Å². The summed E-state index contributed by atoms with van der Waals surface area (Å²) in [5.41, 5.74) is 7.59. The zero-order chi connectivity index (χ0) is 18.8. The number of methoxy groups -OCH3 is 1. The lowest BCUT2D eigenvalue weighted by Gasteiger charge is -2.36. The fraction of sp³-hybridized carbons (Fsp3) is 0.0952. The summed E-state index contributed by atoms with van der Waals surface area (Å²) in [6.07, 6.45) is 0. The van der Waals surface area contributed by atoms with E-state index in [2.05, 4.69) is 0 Å². The van der Waals surface area contributed by atoms with Crippen molar-refractivity contribution in [3.63, 3.8) is 0 Å². The molecule has 1 atom stereocenters. The Hall–Kier alpha value is -3.67. The van der Waals surface area contributed by atoms with Gasteiger partial charge in [0.05, 0.1) is 12.7 Å². The van der Waals surface area contributed by atoms with Gasteiger partial charge >= 0.3 is 5.97 Å². The summed E-state index contributed by atoms with van der Waals surface area (Å²) in [6, 6.07) is 15.2. The van der Waals surface area contributed by atoms with Crippen LogP contribution in [0.4, 0.5) is 5.69 Å². The van der Waals surface area contributed by atoms with Gasteiger partial charge in [0.25, 0.3) is 0 Å². The molecule has 2 aliphatic rings. The molecule has 0 bridgehead atoms. The van der Waals surface area contributed by atoms with E-state index >= 15 is 0 Å². The van der Waals surface area contributed by atoms with Gasteiger partial charge in [-0.05, 0) is 36.4 Å². The van der Waals surface area contributed by atoms with E-state index in [1.165, 1.54) is 6.07 Å². The van der Waals surface area contributed by atoms with Gasteiger partial charge in [-0.15, -0.1) is 0 Å². The molecule has 0 saturated heterocycles. The first kappa shape index (κ1) is 15.6. The number of hydrogen-bond donors (Lipinski definition) is 2. The number of phenolic OH excluding ortho intramolecular Hbond substituents is 1. The van der Waals surface area contributed by atoms with Crippen molar-refractivity contribution in [2.24, 2.45) is 0 Å². The molecule has 0 aromatic heterocycles. The number of ether oxygens (including phenoxy) is 3. The van der Waals surface area contributed by atoms with Crippen molar-refractivity contribution in [2.75, 3.05) is 12.8 Å². The van der Waals surface area contributed by atoms with E-state index in [1.54, 1.807) is 49.6 Å². The minimum atomic E-state index is -1.18. The fourth-order valence-corrected chi connectivity index (χ4v) is 3.84. The van der Waals surface area contributed by atoms with E-state index in [-0.39, 0.29) is 5.75 Å². The number of carbonyl (C=O) groups excluding carboxylic acids is 1. The molecule has 0 saturated carbocycles. The highest BCUT2D eigenvalue weighted by molar-refractivity contribution is 5.98. The summed E-state index contributed by atoms with van der Waals surface area (Å²) in [4.78, 5) is 12.7. The summed E-state index contributed by atoms with van der Waals surface area (Å²) >= 11 is 0. The lowest BCUT2D eigenvalue weighted by Crippen LogP contribution is -2.32. The third-order valence-electron chi connectivity index (χ3n) is 5.02. The molecule has 1 spiro atoms. The number of fused-ring (bicyclic) bond motifs is 6. The fourth-order valence-electron chi connectivity index (χ4n) is 3.84. The highest BCUT2D eigenvalue weighted by Crippen LogP contribution is 2.57. The van der Waals surface area contributed by atoms with E-state index < -0.39 is 11.6 Å². The molecule has 3 aromatic rings. The molecule has 1 unspecified atom stereocenters. The molecule has 6 nitrogen and oxygen atoms in total. The van der Waals surface area contributed by atoms with E-state index in [0.717, 1.165) is 0 Å². The second-order valence-electron chi connectivity index (χ2n) is 6.52. The summed E-state index contributed by atoms with van der Waals surface area (Å²) in [5, 5.41) is 9.92. The zero-order valence-electron chi connectivity index (χ0n) is 14.4. The molecule has 3 N–H and O–H groups in total. The first-order valence-corrected chi connectivity index (χ1v) is 8.36. The van der Waals surface area contributed by atoms with Crippen LogP contribution in [0.1, 0.15) is 27.0 Å². The predicted octanol–water partition coefficient (Wildman–Crippen LogP) is 3.55. The molecular formula is C21H15NO5. The van der Waals surface area contributed by atoms with Crippen LogP contribution < -0.4 is 15.2 Å². The van der Waals surface area contributed by atoms with Gasteiger partial charge < -0.3 is 25.1 Å². The number of phenols is 1. The van der Waals surface area contributed by atoms with Crippen LogP contribution in [0.3, 0.4) is 0 Å². The Morgan fingerprint density at radius 1 is 0.963 bits per heavy atom. The van der Waals surface area contributed by atoms with Gasteiger partial charge in [0, 0.05) is 34.5 Å². The van der Waals surface area contributed by atoms with Crippen LogP contribution in [0, 0.1) is 0 Å². The second kappa shape index (κ2) is 5.17. The molecule has 0 fully saturated rings. The van der Waals surface area contributed by atoms with Gasteiger partial charge in [0.15, 0.2) is 5.60 Å². The molecule has 2 heterocycles. The van der Waals surface area contributed by atoms with E-state index in [1.807, 2.05) is 6.07 Å². The minimum Gasteiger partial charge on any atom is -0.508 e. The monoisotopic (exact) mass is 361 g/mol. The molecule has 27 heavy (non-hydrogen) atoms. The van der Waals surface area contributed by atoms with Crippen LogP contribution in [0.15, 0.2) is 54.6 Å². The van der Waals surface area contributed by atoms with E-state index in [9.17, 15) is 9.90 Å². The smallest absolute Gasteiger partial charge is 0.340 e. The number of hydrogen-bond acceptors (Lipinski definition) is 6. The summed E-state index contributed by atoms with van der Waals surface area (Å²) in [6.45, 7) is 0. The molecule has 3 aromatic carbocycles. The number of nitrogen functional groups attached to an aromatic ring is 1. The average molecular weight is 361 g/mol. The number of esters is 1. The topological polar surface area (TPSA) is 91.0 Å². The number of anilines is 1. The molecule has 2 aliphatic heterocycles. The number of carbonyl (C=O) groups is 1. The van der Waals surface area contributed by atoms with Gasteiger partial charge in [-0.3, -0.25) is 0 Å². The Labute approximate surface area is 154 Å². The number of nitrogens with two attached hydrogens (primary N) is 1. The third-order valence-corrected chi connectivity index (χ3v) is 5.02. The van der Waals surface area contributed by atoms with Crippen LogP contribution in [0.2, 0.25) is 0 Å². The molecule has 0 radical (unpaired) electrons. The highest BCUT2D eigenvalue weighted by atomic mass is 16.6. The summed E-state index contributed by atoms with van der Waals surface area (Å²) in [5.74, 6) is 1.10. The Morgan fingerprint density at radius 2 is 1.67 bits per heavy atom. The van der Waals surface area contributed by atoms with Crippen LogP contribution in [-0.2, 0) is 10.3 Å². The van der Waals surface area contributed by atoms with Crippen molar-refractivity contribution in [3.05, 3.63) is 76.9 Å². The summed E-state index contributed by atoms with van der Waals surface area (Å²) < 4.78 is 17.3. The van der Waals surface area contributed by atoms with Gasteiger partial charge in [0.1, 0.15) is 23.0 Å². The van der Waals surface area contributed by atoms with Gasteiger partial charge in [-0.1, -0.05) is 6.07 Å². The van der Waals surface area contributed by atoms with Crippen LogP contribution in [0.5, 0.6) is 23.0 Å². The van der Waals surface area contributed by atoms with Crippen molar-refractivity contribution in [3.8, 4) is 23.0 Å². The van der Waals surface area contributed by atoms with Gasteiger partial charge in [0.2, 0.25) is 0 Å². The van der Waals surface area contributed by atoms with Crippen molar-refractivity contribution in [2.45, 2.75) is 5.60 Å². The normalized spacial score (nSPS) is 18.9. The van der Waals surface area contributed by atoms with Crippen LogP contribution in [0.25, 0.3) is 0 Å². The van der Waals surface area contributed by atoms with Crippen molar-refractivity contribution in [1.82, 2.24) is 0 Å². The molecule has 0 aliphatic carbocycles. The standard InChI is InChI=1S/C21H15NO5/c1-25-13-4-7-17-19(10-13)26-18-9-12(23)3-6-16(18)21(17)15-5-2-11(22)8-14(15)20(24)27-21/h2-10,23H,22H2,1H3. The maximum Gasteiger partial charge on any atom is 0.340 e. The molecule has 0 amide bonds. The Balaban J connectivity index is 1.88. The molecular weight excluding hydrogens is 346 g/mol. The van der Waals surface area contributed by atoms with Crippen LogP contribution >= 0.6 is 0 Å². The summed E-state index contributed by atoms with van der Waals surface area (Å²) in [7, 11) is 1.56. The van der Waals surface area contributed by atoms with Crippen molar-refractivity contribution < 1.29 is 24.1 Å². The Bertz CT molecular complexity index is 1120. The first-order valence-electron chi connectivity index (χ1n) is 8.36. The molecule has 5 rings (SSSR count). The Morgan fingerprint density at radius 3 is 2.44 bits per heavy atom.